The van der Waals surface area contributed by atoms with E-state index in [9.17, 15) is 4.79 Å². The highest BCUT2D eigenvalue weighted by Gasteiger charge is 2.48. The number of hydrogen-bond donors (Lipinski definition) is 1. The minimum Gasteiger partial charge on any atom is -0.481 e. The first-order valence-electron chi connectivity index (χ1n) is 14.7. The summed E-state index contributed by atoms with van der Waals surface area (Å²) in [5, 5.41) is 9.35. The maximum atomic E-state index is 10.9. The average molecular weight is 590 g/mol. The quantitative estimate of drug-likeness (QED) is 0.217. The van der Waals surface area contributed by atoms with E-state index in [2.05, 4.69) is 64.5 Å². The molecule has 42 heavy (non-hydrogen) atoms. The molecule has 0 amide bonds. The second-order valence-electron chi connectivity index (χ2n) is 10.8. The molecule has 9 heteroatoms. The fourth-order valence-electron chi connectivity index (χ4n) is 6.00. The normalized spacial score (nSPS) is 22.9. The molecule has 0 radical (unpaired) electrons. The number of morpholine rings is 1. The maximum absolute atomic E-state index is 10.9. The molecule has 3 aromatic rings. The Kier molecular flexibility index (Phi) is 10.9. The Balaban J connectivity index is 1.31. The van der Waals surface area contributed by atoms with Crippen molar-refractivity contribution in [2.24, 2.45) is 5.92 Å². The van der Waals surface area contributed by atoms with Crippen LogP contribution in [0.2, 0.25) is 0 Å². The van der Waals surface area contributed by atoms with E-state index in [1.54, 1.807) is 23.3 Å². The van der Waals surface area contributed by atoms with Gasteiger partial charge >= 0.3 is 5.97 Å². The van der Waals surface area contributed by atoms with Gasteiger partial charge < -0.3 is 19.3 Å². The second-order valence-corrected chi connectivity index (χ2v) is 11.2. The Labute approximate surface area is 252 Å². The highest BCUT2D eigenvalue weighted by molar-refractivity contribution is 7.80. The summed E-state index contributed by atoms with van der Waals surface area (Å²) >= 11 is 5.65. The topological polar surface area (TPSA) is 86.1 Å². The Hall–Kier alpha value is -3.37. The molecule has 1 saturated heterocycles. The lowest BCUT2D eigenvalue weighted by atomic mass is 9.93. The van der Waals surface area contributed by atoms with Gasteiger partial charge in [0.1, 0.15) is 12.4 Å². The van der Waals surface area contributed by atoms with Crippen molar-refractivity contribution in [2.75, 3.05) is 26.3 Å². The number of aromatic nitrogens is 2. The number of rotatable bonds is 12. The molecule has 2 aromatic carbocycles. The predicted molar refractivity (Wildman–Crippen MR) is 165 cm³/mol. The first-order valence-corrected chi connectivity index (χ1v) is 15.1. The molecule has 5 rings (SSSR count). The number of nitrogens with zero attached hydrogens (tertiary/aromatic N) is 3. The van der Waals surface area contributed by atoms with E-state index < -0.39 is 5.97 Å². The van der Waals surface area contributed by atoms with Crippen LogP contribution in [-0.4, -0.2) is 75.3 Å². The van der Waals surface area contributed by atoms with Crippen molar-refractivity contribution in [1.82, 2.24) is 14.5 Å². The van der Waals surface area contributed by atoms with Gasteiger partial charge in [-0.15, -0.1) is 0 Å². The van der Waals surface area contributed by atoms with E-state index in [1.807, 2.05) is 12.1 Å². The first kappa shape index (κ1) is 30.1. The Morgan fingerprint density at radius 2 is 1.76 bits per heavy atom. The molecule has 2 aliphatic rings. The minimum atomic E-state index is -0.776. The molecule has 1 aromatic heterocycles. The third kappa shape index (κ3) is 8.13. The fraction of sp³-hybridized carbons (Fsp3) is 0.424. The van der Waals surface area contributed by atoms with E-state index >= 15 is 0 Å². The molecule has 4 atom stereocenters. The van der Waals surface area contributed by atoms with Crippen LogP contribution in [0.5, 0.6) is 0 Å². The number of benzene rings is 2. The summed E-state index contributed by atoms with van der Waals surface area (Å²) in [7, 11) is 0. The monoisotopic (exact) mass is 589 g/mol. The Morgan fingerprint density at radius 1 is 1.02 bits per heavy atom. The van der Waals surface area contributed by atoms with E-state index in [0.29, 0.717) is 31.4 Å². The number of carboxylic acids is 1. The molecule has 0 spiro atoms. The molecule has 2 fully saturated rings. The molecule has 1 saturated carbocycles. The van der Waals surface area contributed by atoms with Crippen LogP contribution in [0.15, 0.2) is 85.5 Å². The second kappa shape index (κ2) is 15.2. The van der Waals surface area contributed by atoms with Gasteiger partial charge in [0.15, 0.2) is 0 Å². The van der Waals surface area contributed by atoms with Gasteiger partial charge in [-0.3, -0.25) is 14.3 Å². The largest absolute Gasteiger partial charge is 0.481 e. The van der Waals surface area contributed by atoms with E-state index in [-0.39, 0.29) is 30.6 Å². The molecular weight excluding hydrogens is 550 g/mol. The number of hydrogen-bond acceptors (Lipinski definition) is 7. The van der Waals surface area contributed by atoms with Crippen LogP contribution in [0.3, 0.4) is 0 Å². The lowest BCUT2D eigenvalue weighted by Gasteiger charge is -2.39. The van der Waals surface area contributed by atoms with Crippen LogP contribution in [0, 0.1) is 5.92 Å². The summed E-state index contributed by atoms with van der Waals surface area (Å²) in [5.41, 5.74) is 3.50. The van der Waals surface area contributed by atoms with Crippen molar-refractivity contribution in [2.45, 2.75) is 57.0 Å². The number of imidazole rings is 1. The van der Waals surface area contributed by atoms with E-state index in [0.717, 1.165) is 37.9 Å². The molecule has 1 aliphatic heterocycles. The number of ether oxygens (including phenoxy) is 3. The minimum absolute atomic E-state index is 0.0188. The third-order valence-electron chi connectivity index (χ3n) is 8.08. The molecular formula is C33H39N3O5S. The summed E-state index contributed by atoms with van der Waals surface area (Å²) in [6, 6.07) is 19.0. The molecule has 222 valence electrons. The number of carbonyl (C=O) groups is 1. The molecule has 2 heterocycles. The van der Waals surface area contributed by atoms with Gasteiger partial charge in [0.25, 0.3) is 5.17 Å². The number of allylic oxidation sites excluding steroid dienone is 2. The summed E-state index contributed by atoms with van der Waals surface area (Å²) in [5.74, 6) is -0.562. The zero-order chi connectivity index (χ0) is 29.1. The van der Waals surface area contributed by atoms with Crippen LogP contribution in [0.25, 0.3) is 11.1 Å². The van der Waals surface area contributed by atoms with Crippen molar-refractivity contribution in [3.8, 4) is 11.1 Å². The average Bonchev–Trinajstić information content (AvgIpc) is 3.68. The molecule has 0 bridgehead atoms. The summed E-state index contributed by atoms with van der Waals surface area (Å²) < 4.78 is 20.6. The van der Waals surface area contributed by atoms with Crippen LogP contribution in [0.1, 0.15) is 37.7 Å². The highest BCUT2D eigenvalue weighted by atomic mass is 32.1. The Bertz CT molecular complexity index is 1290. The van der Waals surface area contributed by atoms with Gasteiger partial charge in [0.2, 0.25) is 0 Å². The molecule has 8 nitrogen and oxygen atoms in total. The van der Waals surface area contributed by atoms with Gasteiger partial charge in [-0.2, -0.15) is 0 Å². The lowest BCUT2D eigenvalue weighted by molar-refractivity contribution is -0.136. The zero-order valence-corrected chi connectivity index (χ0v) is 24.6. The summed E-state index contributed by atoms with van der Waals surface area (Å²) in [4.78, 5) is 17.5. The van der Waals surface area contributed by atoms with Gasteiger partial charge in [-0.05, 0) is 48.2 Å². The predicted octanol–water partition coefficient (Wildman–Crippen LogP) is 5.58. The molecule has 4 unspecified atom stereocenters. The number of carboxylic acid groups (broad SMARTS) is 1. The van der Waals surface area contributed by atoms with Gasteiger partial charge in [0, 0.05) is 44.2 Å². The van der Waals surface area contributed by atoms with Crippen LogP contribution >= 0.6 is 12.2 Å². The smallest absolute Gasteiger partial charge is 0.303 e. The third-order valence-corrected chi connectivity index (χ3v) is 8.39. The Morgan fingerprint density at radius 3 is 2.48 bits per heavy atom. The van der Waals surface area contributed by atoms with Crippen LogP contribution < -0.4 is 0 Å². The molecule has 1 N–H and O–H groups in total. The van der Waals surface area contributed by atoms with Crippen molar-refractivity contribution >= 4 is 23.4 Å². The van der Waals surface area contributed by atoms with Crippen molar-refractivity contribution in [1.29, 1.82) is 0 Å². The van der Waals surface area contributed by atoms with Crippen molar-refractivity contribution < 1.29 is 24.1 Å². The van der Waals surface area contributed by atoms with Gasteiger partial charge in [-0.25, -0.2) is 4.98 Å². The first-order chi connectivity index (χ1) is 20.6. The van der Waals surface area contributed by atoms with Crippen LogP contribution in [0.4, 0.5) is 0 Å². The standard InChI is InChI=1S/C33H39N3O5S/c37-31(38)11-7-2-1-6-10-28-29(40-23-25-12-14-27(15-13-25)26-8-4-3-5-9-26)22-30(32(28)35-18-20-39-21-19-35)41-33(42)36-17-16-34-24-36/h1-5,8-9,12-17,24,28-30,32H,6-7,10-11,18-23H2,(H,37,38)/b2-1+. The lowest BCUT2D eigenvalue weighted by Crippen LogP contribution is -2.51. The van der Waals surface area contributed by atoms with Gasteiger partial charge in [0.05, 0.1) is 32.0 Å². The van der Waals surface area contributed by atoms with E-state index in [1.165, 1.54) is 11.1 Å². The summed E-state index contributed by atoms with van der Waals surface area (Å²) in [6.45, 7) is 3.56. The summed E-state index contributed by atoms with van der Waals surface area (Å²) in [6.07, 6.45) is 12.2. The molecule has 1 aliphatic carbocycles. The SMILES string of the molecule is O=C(O)CC/C=C/CCC1C(OCc2ccc(-c3ccccc3)cc2)CC(OC(=S)n2ccnc2)C1N1CCOCC1. The van der Waals surface area contributed by atoms with E-state index in [4.69, 9.17) is 31.5 Å². The highest BCUT2D eigenvalue weighted by Crippen LogP contribution is 2.39. The zero-order valence-electron chi connectivity index (χ0n) is 23.8. The number of aliphatic carboxylic acids is 1. The fourth-order valence-corrected chi connectivity index (χ4v) is 6.23. The van der Waals surface area contributed by atoms with Gasteiger partial charge in [-0.1, -0.05) is 66.7 Å². The van der Waals surface area contributed by atoms with Crippen LogP contribution in [-0.2, 0) is 25.6 Å². The maximum Gasteiger partial charge on any atom is 0.303 e. The van der Waals surface area contributed by atoms with Crippen molar-refractivity contribution in [3.63, 3.8) is 0 Å². The van der Waals surface area contributed by atoms with Crippen molar-refractivity contribution in [3.05, 3.63) is 91.0 Å². The number of thiocarbonyl (C=S) groups is 1.